The molecule has 1 unspecified atom stereocenters. The number of benzene rings is 2. The van der Waals surface area contributed by atoms with Gasteiger partial charge in [0.25, 0.3) is 0 Å². The summed E-state index contributed by atoms with van der Waals surface area (Å²) in [6.45, 7) is 0. The van der Waals surface area contributed by atoms with E-state index < -0.39 is 46.4 Å². The van der Waals surface area contributed by atoms with Crippen molar-refractivity contribution in [2.24, 2.45) is 0 Å². The maximum absolute atomic E-state index is 13.6. The summed E-state index contributed by atoms with van der Waals surface area (Å²) in [5, 5.41) is 9.89. The molecule has 1 atom stereocenters. The maximum atomic E-state index is 13.6. The Labute approximate surface area is 115 Å². The highest BCUT2D eigenvalue weighted by molar-refractivity contribution is 5.38. The van der Waals surface area contributed by atoms with E-state index >= 15 is 0 Å². The van der Waals surface area contributed by atoms with E-state index in [1.54, 1.807) is 0 Å². The third kappa shape index (κ3) is 3.02. The number of alkyl halides is 3. The second-order valence-corrected chi connectivity index (χ2v) is 4.27. The molecule has 7 heteroatoms. The minimum atomic E-state index is -4.80. The molecule has 2 rings (SSSR count). The molecule has 2 aromatic rings. The zero-order chi connectivity index (χ0) is 15.8. The quantitative estimate of drug-likeness (QED) is 0.824. The van der Waals surface area contributed by atoms with Gasteiger partial charge in [0.2, 0.25) is 0 Å². The summed E-state index contributed by atoms with van der Waals surface area (Å²) in [7, 11) is 0. The van der Waals surface area contributed by atoms with Crippen LogP contribution < -0.4 is 0 Å². The average molecular weight is 306 g/mol. The lowest BCUT2D eigenvalue weighted by Gasteiger charge is -2.18. The van der Waals surface area contributed by atoms with Crippen LogP contribution >= 0.6 is 0 Å². The lowest BCUT2D eigenvalue weighted by Crippen LogP contribution is -2.14. The molecule has 21 heavy (non-hydrogen) atoms. The summed E-state index contributed by atoms with van der Waals surface area (Å²) >= 11 is 0. The minimum Gasteiger partial charge on any atom is -0.383 e. The molecule has 112 valence electrons. The van der Waals surface area contributed by atoms with Crippen molar-refractivity contribution in [3.8, 4) is 0 Å². The molecule has 0 aliphatic rings. The molecule has 0 aromatic heterocycles. The van der Waals surface area contributed by atoms with Crippen molar-refractivity contribution in [3.63, 3.8) is 0 Å². The normalized spacial score (nSPS) is 13.3. The number of halogens is 6. The van der Waals surface area contributed by atoms with Gasteiger partial charge < -0.3 is 5.11 Å². The topological polar surface area (TPSA) is 20.2 Å². The summed E-state index contributed by atoms with van der Waals surface area (Å²) in [6.07, 6.45) is -7.01. The smallest absolute Gasteiger partial charge is 0.383 e. The van der Waals surface area contributed by atoms with E-state index in [1.165, 1.54) is 6.07 Å². The molecule has 0 saturated heterocycles. The SMILES string of the molecule is OC(c1ccccc1C(F)(F)F)c1c(F)cc(F)cc1F. The first kappa shape index (κ1) is 15.4. The molecule has 2 aromatic carbocycles. The van der Waals surface area contributed by atoms with Gasteiger partial charge in [-0.25, -0.2) is 13.2 Å². The first-order valence-electron chi connectivity index (χ1n) is 5.70. The van der Waals surface area contributed by atoms with Crippen molar-refractivity contribution in [1.82, 2.24) is 0 Å². The van der Waals surface area contributed by atoms with Crippen LogP contribution in [0.25, 0.3) is 0 Å². The highest BCUT2D eigenvalue weighted by Gasteiger charge is 2.36. The molecule has 1 nitrogen and oxygen atoms in total. The van der Waals surface area contributed by atoms with E-state index in [2.05, 4.69) is 0 Å². The van der Waals surface area contributed by atoms with Gasteiger partial charge in [-0.1, -0.05) is 18.2 Å². The molecule has 0 radical (unpaired) electrons. The van der Waals surface area contributed by atoms with Gasteiger partial charge >= 0.3 is 6.18 Å². The molecule has 0 spiro atoms. The fourth-order valence-electron chi connectivity index (χ4n) is 1.96. The Bertz CT molecular complexity index is 642. The number of rotatable bonds is 2. The van der Waals surface area contributed by atoms with E-state index in [0.29, 0.717) is 6.07 Å². The first-order chi connectivity index (χ1) is 9.71. The molecular formula is C14H8F6O. The number of aliphatic hydroxyl groups excluding tert-OH is 1. The molecule has 0 amide bonds. The van der Waals surface area contributed by atoms with E-state index in [0.717, 1.165) is 12.1 Å². The Morgan fingerprint density at radius 2 is 1.43 bits per heavy atom. The standard InChI is InChI=1S/C14H8F6O/c15-7-5-10(16)12(11(17)6-7)13(21)8-3-1-2-4-9(8)14(18,19)20/h1-6,13,21H. The van der Waals surface area contributed by atoms with Crippen molar-refractivity contribution >= 4 is 0 Å². The Morgan fingerprint density at radius 3 is 1.95 bits per heavy atom. The predicted octanol–water partition coefficient (Wildman–Crippen LogP) is 4.20. The average Bonchev–Trinajstić information content (AvgIpc) is 2.36. The second-order valence-electron chi connectivity index (χ2n) is 4.27. The van der Waals surface area contributed by atoms with Crippen LogP contribution in [-0.2, 0) is 6.18 Å². The fourth-order valence-corrected chi connectivity index (χ4v) is 1.96. The summed E-state index contributed by atoms with van der Waals surface area (Å²) in [4.78, 5) is 0. The van der Waals surface area contributed by atoms with E-state index in [1.807, 2.05) is 0 Å². The molecule has 0 heterocycles. The lowest BCUT2D eigenvalue weighted by molar-refractivity contribution is -0.139. The Morgan fingerprint density at radius 1 is 0.905 bits per heavy atom. The number of aliphatic hydroxyl groups is 1. The van der Waals surface area contributed by atoms with Gasteiger partial charge in [0, 0.05) is 12.1 Å². The van der Waals surface area contributed by atoms with Crippen molar-refractivity contribution in [1.29, 1.82) is 0 Å². The molecule has 0 fully saturated rings. The van der Waals surface area contributed by atoms with Gasteiger partial charge in [0.05, 0.1) is 11.1 Å². The molecule has 1 N–H and O–H groups in total. The van der Waals surface area contributed by atoms with Gasteiger partial charge in [-0.3, -0.25) is 0 Å². The molecule has 0 bridgehead atoms. The summed E-state index contributed by atoms with van der Waals surface area (Å²) < 4.78 is 78.4. The Hall–Kier alpha value is -2.02. The lowest BCUT2D eigenvalue weighted by atomic mass is 9.95. The summed E-state index contributed by atoms with van der Waals surface area (Å²) in [5.74, 6) is -4.15. The van der Waals surface area contributed by atoms with Gasteiger partial charge in [-0.05, 0) is 11.6 Å². The van der Waals surface area contributed by atoms with Crippen molar-refractivity contribution in [2.75, 3.05) is 0 Å². The van der Waals surface area contributed by atoms with Gasteiger partial charge in [0.1, 0.15) is 23.6 Å². The van der Waals surface area contributed by atoms with E-state index in [4.69, 9.17) is 0 Å². The predicted molar refractivity (Wildman–Crippen MR) is 61.8 cm³/mol. The van der Waals surface area contributed by atoms with Crippen molar-refractivity contribution in [3.05, 3.63) is 70.5 Å². The molecule has 0 saturated carbocycles. The highest BCUT2D eigenvalue weighted by atomic mass is 19.4. The Balaban J connectivity index is 2.59. The fraction of sp³-hybridized carbons (Fsp3) is 0.143. The van der Waals surface area contributed by atoms with E-state index in [-0.39, 0.29) is 12.1 Å². The number of hydrogen-bond donors (Lipinski definition) is 1. The van der Waals surface area contributed by atoms with Crippen LogP contribution in [-0.4, -0.2) is 5.11 Å². The van der Waals surface area contributed by atoms with Crippen molar-refractivity contribution < 1.29 is 31.4 Å². The first-order valence-corrected chi connectivity index (χ1v) is 5.70. The zero-order valence-electron chi connectivity index (χ0n) is 10.3. The van der Waals surface area contributed by atoms with Crippen LogP contribution in [0.1, 0.15) is 22.8 Å². The minimum absolute atomic E-state index is 0.290. The zero-order valence-corrected chi connectivity index (χ0v) is 10.3. The monoisotopic (exact) mass is 306 g/mol. The maximum Gasteiger partial charge on any atom is 0.416 e. The summed E-state index contributed by atoms with van der Waals surface area (Å²) in [6, 6.07) is 4.42. The third-order valence-corrected chi connectivity index (χ3v) is 2.88. The van der Waals surface area contributed by atoms with Crippen LogP contribution in [0.2, 0.25) is 0 Å². The largest absolute Gasteiger partial charge is 0.416 e. The van der Waals surface area contributed by atoms with Crippen LogP contribution in [0.15, 0.2) is 36.4 Å². The van der Waals surface area contributed by atoms with Gasteiger partial charge in [-0.15, -0.1) is 0 Å². The molecule has 0 aliphatic heterocycles. The van der Waals surface area contributed by atoms with Gasteiger partial charge in [-0.2, -0.15) is 13.2 Å². The van der Waals surface area contributed by atoms with Crippen LogP contribution in [0.4, 0.5) is 26.3 Å². The van der Waals surface area contributed by atoms with Crippen LogP contribution in [0, 0.1) is 17.5 Å². The summed E-state index contributed by atoms with van der Waals surface area (Å²) in [5.41, 5.74) is -2.97. The van der Waals surface area contributed by atoms with E-state index in [9.17, 15) is 31.4 Å². The highest BCUT2D eigenvalue weighted by Crippen LogP contribution is 2.37. The Kier molecular flexibility index (Phi) is 3.95. The van der Waals surface area contributed by atoms with Crippen LogP contribution in [0.5, 0.6) is 0 Å². The number of hydrogen-bond acceptors (Lipinski definition) is 1. The third-order valence-electron chi connectivity index (χ3n) is 2.88. The van der Waals surface area contributed by atoms with Crippen LogP contribution in [0.3, 0.4) is 0 Å². The van der Waals surface area contributed by atoms with Crippen molar-refractivity contribution in [2.45, 2.75) is 12.3 Å². The second kappa shape index (κ2) is 5.40. The van der Waals surface area contributed by atoms with Gasteiger partial charge in [0.15, 0.2) is 0 Å². The molecule has 0 aliphatic carbocycles. The molecular weight excluding hydrogens is 298 g/mol.